The topological polar surface area (TPSA) is 74.7 Å². The molecule has 2 saturated carbocycles. The van der Waals surface area contributed by atoms with Gasteiger partial charge in [-0.2, -0.15) is 0 Å². The van der Waals surface area contributed by atoms with Crippen molar-refractivity contribution in [2.75, 3.05) is 12.4 Å². The van der Waals surface area contributed by atoms with Crippen molar-refractivity contribution in [1.82, 2.24) is 4.98 Å². The summed E-state index contributed by atoms with van der Waals surface area (Å²) in [5.74, 6) is 1.72. The van der Waals surface area contributed by atoms with Crippen LogP contribution < -0.4 is 0 Å². The van der Waals surface area contributed by atoms with E-state index in [-0.39, 0.29) is 29.6 Å². The molecule has 1 unspecified atom stereocenters. The van der Waals surface area contributed by atoms with E-state index in [1.54, 1.807) is 24.1 Å². The van der Waals surface area contributed by atoms with Gasteiger partial charge in [0.2, 0.25) is 0 Å². The quantitative estimate of drug-likeness (QED) is 0.0927. The van der Waals surface area contributed by atoms with E-state index in [1.165, 1.54) is 50.4 Å². The Morgan fingerprint density at radius 1 is 1.18 bits per heavy atom. The predicted molar refractivity (Wildman–Crippen MR) is 163 cm³/mol. The summed E-state index contributed by atoms with van der Waals surface area (Å²) in [4.78, 5) is 28.2. The number of ether oxygens (including phenoxy) is 2. The summed E-state index contributed by atoms with van der Waals surface area (Å²) in [6.07, 6.45) is 16.4. The number of thiazole rings is 1. The highest BCUT2D eigenvalue weighted by molar-refractivity contribution is 8.01. The van der Waals surface area contributed by atoms with E-state index in [0.717, 1.165) is 48.1 Å². The van der Waals surface area contributed by atoms with Gasteiger partial charge in [0.1, 0.15) is 6.10 Å². The first-order valence-corrected chi connectivity index (χ1v) is 20.0. The maximum Gasteiger partial charge on any atom is 0.357 e. The zero-order valence-corrected chi connectivity index (χ0v) is 27.5. The highest BCUT2D eigenvalue weighted by Gasteiger charge is 2.37. The minimum absolute atomic E-state index is 0.0454. The van der Waals surface area contributed by atoms with Crippen LogP contribution in [0.5, 0.6) is 0 Å². The number of allylic oxidation sites excluding steroid dienone is 1. The monoisotopic (exact) mass is 595 g/mol. The van der Waals surface area contributed by atoms with Crippen LogP contribution in [0, 0.1) is 17.8 Å². The van der Waals surface area contributed by atoms with Crippen molar-refractivity contribution in [3.05, 3.63) is 23.2 Å². The molecule has 0 N–H and O–H groups in total. The number of hydrogen-bond acceptors (Lipinski definition) is 8. The molecule has 2 aliphatic rings. The smallest absolute Gasteiger partial charge is 0.357 e. The Kier molecular flexibility index (Phi) is 12.6. The summed E-state index contributed by atoms with van der Waals surface area (Å²) in [5.41, 5.74) is 0.254. The Hall–Kier alpha value is -1.16. The minimum atomic E-state index is -1.69. The standard InChI is InChI=1S/C30H49NO5S2Si/c1-7-34-28(33)26-21-38-29(31-26)37-19-17-25-24(15-16-27(25)35-22(2)32)14-11-18-30(3,36-39(4,5)6)20-23-12-9-8-10-13-23/h11,14,21,23-25,27H,7-10,12-13,15-20H2,1-6H3/t24-,25-,27+,30?/m1/s1. The Labute approximate surface area is 245 Å². The third kappa shape index (κ3) is 11.0. The summed E-state index contributed by atoms with van der Waals surface area (Å²) < 4.78 is 18.5. The fourth-order valence-electron chi connectivity index (χ4n) is 6.36. The molecule has 0 radical (unpaired) electrons. The molecule has 4 atom stereocenters. The van der Waals surface area contributed by atoms with Gasteiger partial charge in [0.05, 0.1) is 12.2 Å². The second-order valence-electron chi connectivity index (χ2n) is 12.4. The third-order valence-electron chi connectivity index (χ3n) is 7.70. The Morgan fingerprint density at radius 2 is 1.92 bits per heavy atom. The Bertz CT molecular complexity index is 955. The molecule has 0 spiro atoms. The van der Waals surface area contributed by atoms with E-state index in [0.29, 0.717) is 18.2 Å². The van der Waals surface area contributed by atoms with Crippen LogP contribution in [0.15, 0.2) is 21.9 Å². The number of rotatable bonds is 14. The third-order valence-corrected chi connectivity index (χ3v) is 10.9. The van der Waals surface area contributed by atoms with E-state index in [9.17, 15) is 9.59 Å². The van der Waals surface area contributed by atoms with Crippen LogP contribution in [-0.4, -0.2) is 49.3 Å². The van der Waals surface area contributed by atoms with Gasteiger partial charge in [-0.1, -0.05) is 56.0 Å². The van der Waals surface area contributed by atoms with Crippen LogP contribution >= 0.6 is 23.1 Å². The van der Waals surface area contributed by atoms with Gasteiger partial charge >= 0.3 is 11.9 Å². The van der Waals surface area contributed by atoms with Gasteiger partial charge in [-0.05, 0) is 77.4 Å². The van der Waals surface area contributed by atoms with Crippen molar-refractivity contribution in [2.45, 2.75) is 121 Å². The lowest BCUT2D eigenvalue weighted by Crippen LogP contribution is -2.42. The first-order chi connectivity index (χ1) is 18.5. The molecule has 220 valence electrons. The van der Waals surface area contributed by atoms with Gasteiger partial charge in [0.15, 0.2) is 18.4 Å². The molecule has 3 rings (SSSR count). The molecule has 0 aromatic carbocycles. The van der Waals surface area contributed by atoms with Crippen LogP contribution in [0.4, 0.5) is 0 Å². The van der Waals surface area contributed by atoms with Crippen LogP contribution in [0.3, 0.4) is 0 Å². The minimum Gasteiger partial charge on any atom is -0.462 e. The lowest BCUT2D eigenvalue weighted by atomic mass is 9.80. The first-order valence-electron chi connectivity index (χ1n) is 14.8. The number of esters is 2. The summed E-state index contributed by atoms with van der Waals surface area (Å²) >= 11 is 3.13. The van der Waals surface area contributed by atoms with Gasteiger partial charge in [-0.3, -0.25) is 4.79 Å². The molecule has 1 aromatic rings. The Balaban J connectivity index is 1.62. The van der Waals surface area contributed by atoms with Crippen molar-refractivity contribution in [2.24, 2.45) is 17.8 Å². The molecule has 0 amide bonds. The molecular weight excluding hydrogens is 547 g/mol. The van der Waals surface area contributed by atoms with E-state index >= 15 is 0 Å². The lowest BCUT2D eigenvalue weighted by molar-refractivity contribution is -0.148. The molecule has 0 saturated heterocycles. The van der Waals surface area contributed by atoms with Crippen molar-refractivity contribution in [3.63, 3.8) is 0 Å². The molecule has 9 heteroatoms. The molecule has 0 aliphatic heterocycles. The number of carbonyl (C=O) groups is 2. The van der Waals surface area contributed by atoms with Gasteiger partial charge in [-0.15, -0.1) is 11.3 Å². The molecule has 0 bridgehead atoms. The zero-order chi connectivity index (χ0) is 28.5. The zero-order valence-electron chi connectivity index (χ0n) is 24.8. The predicted octanol–water partition coefficient (Wildman–Crippen LogP) is 8.29. The summed E-state index contributed by atoms with van der Waals surface area (Å²) in [5, 5.41) is 1.76. The highest BCUT2D eigenvalue weighted by Crippen LogP contribution is 2.40. The second kappa shape index (κ2) is 15.2. The largest absolute Gasteiger partial charge is 0.462 e. The highest BCUT2D eigenvalue weighted by atomic mass is 32.2. The van der Waals surface area contributed by atoms with Crippen molar-refractivity contribution in [3.8, 4) is 0 Å². The lowest BCUT2D eigenvalue weighted by Gasteiger charge is -2.39. The number of nitrogens with zero attached hydrogens (tertiary/aromatic N) is 1. The van der Waals surface area contributed by atoms with Crippen LogP contribution in [0.25, 0.3) is 0 Å². The van der Waals surface area contributed by atoms with Gasteiger partial charge in [0.25, 0.3) is 0 Å². The molecule has 39 heavy (non-hydrogen) atoms. The van der Waals surface area contributed by atoms with E-state index in [4.69, 9.17) is 13.9 Å². The number of hydrogen-bond donors (Lipinski definition) is 0. The van der Waals surface area contributed by atoms with Crippen molar-refractivity contribution in [1.29, 1.82) is 0 Å². The van der Waals surface area contributed by atoms with Crippen LogP contribution in [0.1, 0.15) is 95.5 Å². The van der Waals surface area contributed by atoms with Gasteiger partial charge < -0.3 is 13.9 Å². The maximum atomic E-state index is 11.9. The van der Waals surface area contributed by atoms with Gasteiger partial charge in [-0.25, -0.2) is 9.78 Å². The van der Waals surface area contributed by atoms with Gasteiger partial charge in [0, 0.05) is 24.0 Å². The maximum absolute atomic E-state index is 11.9. The summed E-state index contributed by atoms with van der Waals surface area (Å²) in [6.45, 7) is 12.9. The fourth-order valence-corrected chi connectivity index (χ4v) is 9.92. The van der Waals surface area contributed by atoms with Crippen LogP contribution in [-0.2, 0) is 18.7 Å². The van der Waals surface area contributed by atoms with E-state index in [1.807, 2.05) is 0 Å². The molecular formula is C30H49NO5S2Si. The number of carbonyl (C=O) groups excluding carboxylic acids is 2. The van der Waals surface area contributed by atoms with Crippen LogP contribution in [0.2, 0.25) is 19.6 Å². The van der Waals surface area contributed by atoms with Crippen molar-refractivity contribution < 1.29 is 23.5 Å². The molecule has 2 aliphatic carbocycles. The summed E-state index contributed by atoms with van der Waals surface area (Å²) in [7, 11) is -1.69. The van der Waals surface area contributed by atoms with Crippen molar-refractivity contribution >= 4 is 43.4 Å². The first kappa shape index (κ1) is 32.4. The average Bonchev–Trinajstić information content (AvgIpc) is 3.46. The SMILES string of the molecule is CCOC(=O)c1csc(SCC[C@@H]2[C@H](C=CCC(C)(CC3CCCCC3)O[Si](C)(C)C)CC[C@@H]2OC(C)=O)n1. The molecule has 1 heterocycles. The van der Waals surface area contributed by atoms with E-state index < -0.39 is 8.32 Å². The molecule has 2 fully saturated rings. The Morgan fingerprint density at radius 3 is 2.59 bits per heavy atom. The number of aromatic nitrogens is 1. The number of thioether (sulfide) groups is 1. The van der Waals surface area contributed by atoms with E-state index in [2.05, 4.69) is 43.7 Å². The normalized spacial score (nSPS) is 24.1. The fraction of sp³-hybridized carbons (Fsp3) is 0.767. The molecule has 1 aromatic heterocycles. The second-order valence-corrected chi connectivity index (χ2v) is 19.0. The summed E-state index contributed by atoms with van der Waals surface area (Å²) in [6, 6.07) is 0. The molecule has 6 nitrogen and oxygen atoms in total. The average molecular weight is 596 g/mol.